The fourth-order valence-corrected chi connectivity index (χ4v) is 2.58. The van der Waals surface area contributed by atoms with E-state index in [1.807, 2.05) is 6.20 Å². The number of nitrogens with one attached hydrogen (secondary N) is 1. The molecule has 0 radical (unpaired) electrons. The standard InChI is InChI=1S/C13H20BrN3/c1-2-15-8-11-4-3-7-17(10-11)13-6-5-12(14)9-16-13/h5-6,9,11,15H,2-4,7-8,10H2,1H3. The van der Waals surface area contributed by atoms with Gasteiger partial charge in [0, 0.05) is 23.8 Å². The minimum atomic E-state index is 0.758. The smallest absolute Gasteiger partial charge is 0.128 e. The van der Waals surface area contributed by atoms with Crippen molar-refractivity contribution < 1.29 is 0 Å². The zero-order valence-corrected chi connectivity index (χ0v) is 11.9. The Morgan fingerprint density at radius 2 is 2.41 bits per heavy atom. The quantitative estimate of drug-likeness (QED) is 0.926. The molecule has 0 aliphatic carbocycles. The van der Waals surface area contributed by atoms with Gasteiger partial charge in [0.2, 0.25) is 0 Å². The number of nitrogens with zero attached hydrogens (tertiary/aromatic N) is 2. The molecule has 0 spiro atoms. The summed E-state index contributed by atoms with van der Waals surface area (Å²) in [4.78, 5) is 6.88. The van der Waals surface area contributed by atoms with Crippen molar-refractivity contribution >= 4 is 21.7 Å². The van der Waals surface area contributed by atoms with Crippen molar-refractivity contribution in [1.29, 1.82) is 0 Å². The monoisotopic (exact) mass is 297 g/mol. The van der Waals surface area contributed by atoms with Gasteiger partial charge in [-0.25, -0.2) is 4.98 Å². The van der Waals surface area contributed by atoms with Crippen LogP contribution in [-0.2, 0) is 0 Å². The summed E-state index contributed by atoms with van der Waals surface area (Å²) in [5.41, 5.74) is 0. The van der Waals surface area contributed by atoms with E-state index in [1.165, 1.54) is 12.8 Å². The second kappa shape index (κ2) is 6.36. The summed E-state index contributed by atoms with van der Waals surface area (Å²) in [6, 6.07) is 4.16. The van der Waals surface area contributed by atoms with Gasteiger partial charge in [-0.05, 0) is 59.9 Å². The van der Waals surface area contributed by atoms with Gasteiger partial charge in [0.15, 0.2) is 0 Å². The van der Waals surface area contributed by atoms with E-state index in [-0.39, 0.29) is 0 Å². The van der Waals surface area contributed by atoms with Crippen LogP contribution in [0.3, 0.4) is 0 Å². The van der Waals surface area contributed by atoms with Crippen LogP contribution in [0.25, 0.3) is 0 Å². The molecule has 17 heavy (non-hydrogen) atoms. The van der Waals surface area contributed by atoms with Crippen molar-refractivity contribution in [3.8, 4) is 0 Å². The number of anilines is 1. The summed E-state index contributed by atoms with van der Waals surface area (Å²) in [5, 5.41) is 3.44. The highest BCUT2D eigenvalue weighted by atomic mass is 79.9. The lowest BCUT2D eigenvalue weighted by molar-refractivity contribution is 0.394. The SMILES string of the molecule is CCNCC1CCCN(c2ccc(Br)cn2)C1. The first-order valence-corrected chi connectivity index (χ1v) is 7.16. The molecule has 1 atom stereocenters. The third-order valence-electron chi connectivity index (χ3n) is 3.24. The van der Waals surface area contributed by atoms with Crippen molar-refractivity contribution in [3.63, 3.8) is 0 Å². The van der Waals surface area contributed by atoms with Gasteiger partial charge < -0.3 is 10.2 Å². The van der Waals surface area contributed by atoms with Crippen molar-refractivity contribution in [2.75, 3.05) is 31.1 Å². The topological polar surface area (TPSA) is 28.2 Å². The van der Waals surface area contributed by atoms with Crippen molar-refractivity contribution in [2.45, 2.75) is 19.8 Å². The van der Waals surface area contributed by atoms with Crippen LogP contribution in [0, 0.1) is 5.92 Å². The lowest BCUT2D eigenvalue weighted by atomic mass is 9.98. The molecule has 4 heteroatoms. The van der Waals surface area contributed by atoms with Crippen molar-refractivity contribution in [2.24, 2.45) is 5.92 Å². The summed E-state index contributed by atoms with van der Waals surface area (Å²) >= 11 is 3.42. The average molecular weight is 298 g/mol. The molecule has 1 unspecified atom stereocenters. The summed E-state index contributed by atoms with van der Waals surface area (Å²) in [5.74, 6) is 1.86. The van der Waals surface area contributed by atoms with E-state index in [0.717, 1.165) is 42.4 Å². The van der Waals surface area contributed by atoms with Gasteiger partial charge in [-0.3, -0.25) is 0 Å². The number of piperidine rings is 1. The van der Waals surface area contributed by atoms with Gasteiger partial charge in [0.25, 0.3) is 0 Å². The van der Waals surface area contributed by atoms with E-state index in [0.29, 0.717) is 0 Å². The number of hydrogen-bond donors (Lipinski definition) is 1. The van der Waals surface area contributed by atoms with E-state index in [1.54, 1.807) is 0 Å². The minimum absolute atomic E-state index is 0.758. The second-order valence-corrected chi connectivity index (χ2v) is 5.51. The third-order valence-corrected chi connectivity index (χ3v) is 3.71. The maximum absolute atomic E-state index is 4.48. The summed E-state index contributed by atoms with van der Waals surface area (Å²) in [7, 11) is 0. The van der Waals surface area contributed by atoms with Gasteiger partial charge in [-0.1, -0.05) is 6.92 Å². The van der Waals surface area contributed by atoms with Gasteiger partial charge in [-0.2, -0.15) is 0 Å². The van der Waals surface area contributed by atoms with E-state index in [9.17, 15) is 0 Å². The van der Waals surface area contributed by atoms with E-state index in [4.69, 9.17) is 0 Å². The Bertz CT molecular complexity index is 339. The zero-order valence-electron chi connectivity index (χ0n) is 10.3. The van der Waals surface area contributed by atoms with Crippen LogP contribution in [0.2, 0.25) is 0 Å². The average Bonchev–Trinajstić information content (AvgIpc) is 2.37. The molecule has 94 valence electrons. The summed E-state index contributed by atoms with van der Waals surface area (Å²) < 4.78 is 1.04. The van der Waals surface area contributed by atoms with E-state index < -0.39 is 0 Å². The molecule has 1 saturated heterocycles. The molecule has 2 heterocycles. The fraction of sp³-hybridized carbons (Fsp3) is 0.615. The molecule has 2 rings (SSSR count). The first-order chi connectivity index (χ1) is 8.29. The fourth-order valence-electron chi connectivity index (χ4n) is 2.34. The molecule has 0 aromatic carbocycles. The molecule has 0 bridgehead atoms. The minimum Gasteiger partial charge on any atom is -0.356 e. The number of hydrogen-bond acceptors (Lipinski definition) is 3. The first-order valence-electron chi connectivity index (χ1n) is 6.37. The van der Waals surface area contributed by atoms with E-state index >= 15 is 0 Å². The van der Waals surface area contributed by atoms with Crippen molar-refractivity contribution in [1.82, 2.24) is 10.3 Å². The first kappa shape index (κ1) is 12.8. The van der Waals surface area contributed by atoms with Gasteiger partial charge in [-0.15, -0.1) is 0 Å². The number of halogens is 1. The molecule has 0 amide bonds. The molecule has 1 aliphatic heterocycles. The van der Waals surface area contributed by atoms with Crippen LogP contribution in [-0.4, -0.2) is 31.2 Å². The number of rotatable bonds is 4. The molecule has 1 aromatic heterocycles. The number of pyridine rings is 1. The van der Waals surface area contributed by atoms with Crippen LogP contribution in [0.5, 0.6) is 0 Å². The Kier molecular flexibility index (Phi) is 4.80. The Labute approximate surface area is 112 Å². The van der Waals surface area contributed by atoms with Crippen LogP contribution < -0.4 is 10.2 Å². The highest BCUT2D eigenvalue weighted by molar-refractivity contribution is 9.10. The molecule has 3 nitrogen and oxygen atoms in total. The zero-order chi connectivity index (χ0) is 12.1. The predicted molar refractivity (Wildman–Crippen MR) is 75.4 cm³/mol. The van der Waals surface area contributed by atoms with Gasteiger partial charge in [0.05, 0.1) is 0 Å². The highest BCUT2D eigenvalue weighted by Crippen LogP contribution is 2.22. The maximum atomic E-state index is 4.48. The van der Waals surface area contributed by atoms with Crippen LogP contribution in [0.4, 0.5) is 5.82 Å². The Morgan fingerprint density at radius 3 is 3.12 bits per heavy atom. The summed E-state index contributed by atoms with van der Waals surface area (Å²) in [6.45, 7) is 6.62. The largest absolute Gasteiger partial charge is 0.356 e. The third kappa shape index (κ3) is 3.68. The van der Waals surface area contributed by atoms with Crippen molar-refractivity contribution in [3.05, 3.63) is 22.8 Å². The van der Waals surface area contributed by atoms with Gasteiger partial charge in [0.1, 0.15) is 5.82 Å². The highest BCUT2D eigenvalue weighted by Gasteiger charge is 2.20. The number of aromatic nitrogens is 1. The molecule has 1 aliphatic rings. The molecular weight excluding hydrogens is 278 g/mol. The Hall–Kier alpha value is -0.610. The predicted octanol–water partition coefficient (Wildman–Crippen LogP) is 2.67. The van der Waals surface area contributed by atoms with E-state index in [2.05, 4.69) is 50.2 Å². The molecular formula is C13H20BrN3. The lowest BCUT2D eigenvalue weighted by Gasteiger charge is -2.33. The molecule has 1 N–H and O–H groups in total. The Balaban J connectivity index is 1.94. The maximum Gasteiger partial charge on any atom is 0.128 e. The van der Waals surface area contributed by atoms with Gasteiger partial charge >= 0.3 is 0 Å². The normalized spacial score (nSPS) is 20.6. The van der Waals surface area contributed by atoms with Crippen LogP contribution in [0.1, 0.15) is 19.8 Å². The molecule has 1 fully saturated rings. The Morgan fingerprint density at radius 1 is 1.53 bits per heavy atom. The molecule has 1 aromatic rings. The second-order valence-electron chi connectivity index (χ2n) is 4.60. The van der Waals surface area contributed by atoms with Crippen LogP contribution in [0.15, 0.2) is 22.8 Å². The molecule has 0 saturated carbocycles. The van der Waals surface area contributed by atoms with Crippen LogP contribution >= 0.6 is 15.9 Å². The lowest BCUT2D eigenvalue weighted by Crippen LogP contribution is -2.40. The summed E-state index contributed by atoms with van der Waals surface area (Å²) in [6.07, 6.45) is 4.48.